The number of nitrogens with one attached hydrogen (secondary N) is 1. The summed E-state index contributed by atoms with van der Waals surface area (Å²) in [5, 5.41) is 4.03. The SMILES string of the molecule is COC(=O)[C@H](Cc1ccccc1)NC(=O)COCC1=CC[C@@H](c2ccc(Cl)cc2)N(S)[C@H]1c1cccc(Cl)c1. The van der Waals surface area contributed by atoms with Crippen LogP contribution in [0, 0.1) is 0 Å². The molecule has 0 radical (unpaired) electrons. The van der Waals surface area contributed by atoms with Gasteiger partial charge in [0.25, 0.3) is 0 Å². The highest BCUT2D eigenvalue weighted by atomic mass is 35.5. The maximum absolute atomic E-state index is 12.7. The average Bonchev–Trinajstić information content (AvgIpc) is 2.93. The maximum atomic E-state index is 12.7. The first-order chi connectivity index (χ1) is 18.9. The van der Waals surface area contributed by atoms with Crippen molar-refractivity contribution in [2.24, 2.45) is 0 Å². The second-order valence-corrected chi connectivity index (χ2v) is 10.6. The van der Waals surface area contributed by atoms with Crippen molar-refractivity contribution in [2.75, 3.05) is 20.3 Å². The van der Waals surface area contributed by atoms with Crippen LogP contribution in [0.1, 0.15) is 35.2 Å². The van der Waals surface area contributed by atoms with E-state index in [1.165, 1.54) is 7.11 Å². The van der Waals surface area contributed by atoms with Crippen LogP contribution in [0.5, 0.6) is 0 Å². The zero-order valence-electron chi connectivity index (χ0n) is 21.4. The molecule has 0 aliphatic carbocycles. The van der Waals surface area contributed by atoms with Gasteiger partial charge >= 0.3 is 5.97 Å². The molecule has 39 heavy (non-hydrogen) atoms. The molecule has 1 amide bonds. The van der Waals surface area contributed by atoms with Gasteiger partial charge in [0.05, 0.1) is 19.8 Å². The van der Waals surface area contributed by atoms with Crippen LogP contribution in [0.15, 0.2) is 90.5 Å². The van der Waals surface area contributed by atoms with Gasteiger partial charge in [-0.2, -0.15) is 0 Å². The van der Waals surface area contributed by atoms with Crippen molar-refractivity contribution in [1.82, 2.24) is 9.62 Å². The van der Waals surface area contributed by atoms with Crippen LogP contribution >= 0.6 is 36.0 Å². The quantitative estimate of drug-likeness (QED) is 0.169. The molecule has 204 valence electrons. The summed E-state index contributed by atoms with van der Waals surface area (Å²) in [6, 6.07) is 23.8. The Morgan fingerprint density at radius 3 is 2.44 bits per heavy atom. The van der Waals surface area contributed by atoms with Gasteiger partial charge in [-0.25, -0.2) is 9.10 Å². The molecule has 0 unspecified atom stereocenters. The van der Waals surface area contributed by atoms with Gasteiger partial charge in [-0.15, -0.1) is 0 Å². The zero-order chi connectivity index (χ0) is 27.8. The predicted octanol–water partition coefficient (Wildman–Crippen LogP) is 6.17. The van der Waals surface area contributed by atoms with E-state index in [-0.39, 0.29) is 25.3 Å². The minimum absolute atomic E-state index is 0.000399. The van der Waals surface area contributed by atoms with Crippen LogP contribution in [0.4, 0.5) is 0 Å². The minimum Gasteiger partial charge on any atom is -0.467 e. The Bertz CT molecular complexity index is 1300. The van der Waals surface area contributed by atoms with E-state index in [0.717, 1.165) is 22.3 Å². The Hall–Kier alpha value is -2.81. The molecule has 3 aromatic carbocycles. The van der Waals surface area contributed by atoms with Crippen molar-refractivity contribution in [3.8, 4) is 0 Å². The van der Waals surface area contributed by atoms with E-state index in [1.54, 1.807) is 0 Å². The molecular formula is C30H30Cl2N2O4S. The number of amides is 1. The molecule has 9 heteroatoms. The lowest BCUT2D eigenvalue weighted by atomic mass is 9.89. The number of carbonyl (C=O) groups is 2. The van der Waals surface area contributed by atoms with Gasteiger partial charge in [0.2, 0.25) is 5.91 Å². The lowest BCUT2D eigenvalue weighted by Gasteiger charge is -2.39. The lowest BCUT2D eigenvalue weighted by Crippen LogP contribution is -2.44. The van der Waals surface area contributed by atoms with Crippen molar-refractivity contribution in [3.05, 3.63) is 117 Å². The molecule has 0 saturated heterocycles. The lowest BCUT2D eigenvalue weighted by molar-refractivity contribution is -0.145. The van der Waals surface area contributed by atoms with E-state index < -0.39 is 17.9 Å². The van der Waals surface area contributed by atoms with Crippen molar-refractivity contribution >= 4 is 47.9 Å². The number of carbonyl (C=O) groups excluding carboxylic acids is 2. The van der Waals surface area contributed by atoms with Gasteiger partial charge in [0.15, 0.2) is 0 Å². The van der Waals surface area contributed by atoms with Gasteiger partial charge in [0.1, 0.15) is 12.6 Å². The number of hydrogen-bond acceptors (Lipinski definition) is 6. The first kappa shape index (κ1) is 29.2. The van der Waals surface area contributed by atoms with Gasteiger partial charge in [-0.05, 0) is 52.9 Å². The number of methoxy groups -OCH3 is 1. The van der Waals surface area contributed by atoms with Crippen LogP contribution in [0.25, 0.3) is 0 Å². The molecule has 0 aromatic heterocycles. The molecule has 1 aliphatic rings. The molecule has 1 aliphatic heterocycles. The number of ether oxygens (including phenoxy) is 2. The zero-order valence-corrected chi connectivity index (χ0v) is 23.8. The summed E-state index contributed by atoms with van der Waals surface area (Å²) in [6.45, 7) is -0.00829. The Kier molecular flexibility index (Phi) is 10.5. The molecule has 4 rings (SSSR count). The summed E-state index contributed by atoms with van der Waals surface area (Å²) in [6.07, 6.45) is 3.15. The van der Waals surface area contributed by atoms with E-state index in [4.69, 9.17) is 45.5 Å². The summed E-state index contributed by atoms with van der Waals surface area (Å²) < 4.78 is 12.7. The monoisotopic (exact) mass is 584 g/mol. The normalized spacial score (nSPS) is 18.2. The number of rotatable bonds is 10. The van der Waals surface area contributed by atoms with E-state index in [1.807, 2.05) is 83.2 Å². The molecule has 0 spiro atoms. The summed E-state index contributed by atoms with van der Waals surface area (Å²) in [4.78, 5) is 25.0. The van der Waals surface area contributed by atoms with E-state index in [0.29, 0.717) is 22.9 Å². The molecule has 1 heterocycles. The molecular weight excluding hydrogens is 555 g/mol. The molecule has 1 N–H and O–H groups in total. The number of nitrogens with zero attached hydrogens (tertiary/aromatic N) is 1. The highest BCUT2D eigenvalue weighted by molar-refractivity contribution is 7.77. The molecule has 6 nitrogen and oxygen atoms in total. The van der Waals surface area contributed by atoms with Crippen molar-refractivity contribution in [1.29, 1.82) is 0 Å². The number of hydrogen-bond donors (Lipinski definition) is 2. The fourth-order valence-electron chi connectivity index (χ4n) is 4.67. The molecule has 0 saturated carbocycles. The Morgan fingerprint density at radius 2 is 1.74 bits per heavy atom. The van der Waals surface area contributed by atoms with Crippen LogP contribution in [-0.2, 0) is 25.5 Å². The standard InChI is InChI=1S/C30H30Cl2N2O4S/c1-37-30(36)26(16-20-6-3-2-4-7-20)33-28(35)19-38-18-23-12-15-27(21-10-13-24(31)14-11-21)34(39)29(23)22-8-5-9-25(32)17-22/h2-14,17,26-27,29,39H,15-16,18-19H2,1H3,(H,33,35)/t26-,27-,29-/m0/s1. The van der Waals surface area contributed by atoms with Crippen LogP contribution in [0.3, 0.4) is 0 Å². The van der Waals surface area contributed by atoms with Gasteiger partial charge in [-0.1, -0.05) is 96.7 Å². The topological polar surface area (TPSA) is 67.9 Å². The van der Waals surface area contributed by atoms with Gasteiger partial charge in [0, 0.05) is 22.5 Å². The Morgan fingerprint density at radius 1 is 1.00 bits per heavy atom. The number of thiol groups is 1. The Labute approximate surface area is 244 Å². The fourth-order valence-corrected chi connectivity index (χ4v) is 5.50. The summed E-state index contributed by atoms with van der Waals surface area (Å²) in [5.74, 6) is -0.916. The third kappa shape index (κ3) is 7.87. The average molecular weight is 586 g/mol. The summed E-state index contributed by atoms with van der Waals surface area (Å²) in [5.41, 5.74) is 3.92. The highest BCUT2D eigenvalue weighted by Gasteiger charge is 2.33. The summed E-state index contributed by atoms with van der Waals surface area (Å²) in [7, 11) is 1.30. The molecule has 0 fully saturated rings. The minimum atomic E-state index is -0.810. The third-order valence-electron chi connectivity index (χ3n) is 6.56. The first-order valence-corrected chi connectivity index (χ1v) is 13.7. The van der Waals surface area contributed by atoms with Gasteiger partial charge in [-0.3, -0.25) is 4.79 Å². The first-order valence-electron chi connectivity index (χ1n) is 12.5. The Balaban J connectivity index is 1.44. The smallest absolute Gasteiger partial charge is 0.328 e. The van der Waals surface area contributed by atoms with Crippen LogP contribution in [0.2, 0.25) is 10.0 Å². The van der Waals surface area contributed by atoms with Crippen molar-refractivity contribution in [2.45, 2.75) is 31.0 Å². The molecule has 0 bridgehead atoms. The van der Waals surface area contributed by atoms with Crippen molar-refractivity contribution in [3.63, 3.8) is 0 Å². The van der Waals surface area contributed by atoms with E-state index in [9.17, 15) is 9.59 Å². The number of benzene rings is 3. The molecule has 3 atom stereocenters. The maximum Gasteiger partial charge on any atom is 0.328 e. The number of halogens is 2. The van der Waals surface area contributed by atoms with Crippen LogP contribution in [-0.4, -0.2) is 42.5 Å². The van der Waals surface area contributed by atoms with E-state index in [2.05, 4.69) is 11.4 Å². The van der Waals surface area contributed by atoms with Crippen molar-refractivity contribution < 1.29 is 19.1 Å². The van der Waals surface area contributed by atoms with Gasteiger partial charge < -0.3 is 14.8 Å². The van der Waals surface area contributed by atoms with E-state index >= 15 is 0 Å². The summed E-state index contributed by atoms with van der Waals surface area (Å²) >= 11 is 17.3. The number of esters is 1. The second kappa shape index (κ2) is 14.0. The van der Waals surface area contributed by atoms with Crippen LogP contribution < -0.4 is 5.32 Å². The molecule has 3 aromatic rings. The third-order valence-corrected chi connectivity index (χ3v) is 7.56. The largest absolute Gasteiger partial charge is 0.467 e. The predicted molar refractivity (Wildman–Crippen MR) is 157 cm³/mol. The highest BCUT2D eigenvalue weighted by Crippen LogP contribution is 2.43. The second-order valence-electron chi connectivity index (χ2n) is 9.25. The fraction of sp³-hybridized carbons (Fsp3) is 0.267.